The van der Waals surface area contributed by atoms with Crippen molar-refractivity contribution in [1.29, 1.82) is 0 Å². The number of rotatable bonds is 5. The second kappa shape index (κ2) is 6.14. The maximum Gasteiger partial charge on any atom is 0.322 e. The zero-order valence-electron chi connectivity index (χ0n) is 10.2. The number of carboxylic acids is 1. The van der Waals surface area contributed by atoms with Crippen molar-refractivity contribution in [2.24, 2.45) is 0 Å². The first-order valence-electron chi connectivity index (χ1n) is 5.85. The Labute approximate surface area is 109 Å². The molecular weight excluding hydrogens is 252 g/mol. The summed E-state index contributed by atoms with van der Waals surface area (Å²) >= 11 is 0. The lowest BCUT2D eigenvalue weighted by atomic mass is 10.2. The number of nitrogens with zero attached hydrogens (tertiary/aromatic N) is 1. The summed E-state index contributed by atoms with van der Waals surface area (Å²) in [4.78, 5) is 26.0. The molecule has 19 heavy (non-hydrogen) atoms. The van der Waals surface area contributed by atoms with E-state index in [-0.39, 0.29) is 6.10 Å². The van der Waals surface area contributed by atoms with Gasteiger partial charge in [-0.05, 0) is 6.07 Å². The first-order valence-corrected chi connectivity index (χ1v) is 5.85. The van der Waals surface area contributed by atoms with Gasteiger partial charge in [0.25, 0.3) is 5.91 Å². The van der Waals surface area contributed by atoms with Gasteiger partial charge in [-0.25, -0.2) is 4.98 Å². The fraction of sp³-hybridized carbons (Fsp3) is 0.417. The molecule has 0 spiro atoms. The molecule has 1 unspecified atom stereocenters. The van der Waals surface area contributed by atoms with E-state index in [9.17, 15) is 9.59 Å². The van der Waals surface area contributed by atoms with Crippen LogP contribution >= 0.6 is 0 Å². The molecule has 2 heterocycles. The van der Waals surface area contributed by atoms with Gasteiger partial charge in [0.05, 0.1) is 13.2 Å². The van der Waals surface area contributed by atoms with Crippen LogP contribution in [0, 0.1) is 0 Å². The van der Waals surface area contributed by atoms with Crippen LogP contribution in [-0.4, -0.2) is 47.8 Å². The molecule has 1 amide bonds. The van der Waals surface area contributed by atoms with E-state index in [2.05, 4.69) is 10.3 Å². The number of carbonyl (C=O) groups is 2. The summed E-state index contributed by atoms with van der Waals surface area (Å²) in [7, 11) is 0. The van der Waals surface area contributed by atoms with Crippen molar-refractivity contribution < 1.29 is 24.2 Å². The number of hydrogen-bond acceptors (Lipinski definition) is 5. The lowest BCUT2D eigenvalue weighted by molar-refractivity contribution is -0.135. The third-order valence-corrected chi connectivity index (χ3v) is 2.57. The Morgan fingerprint density at radius 2 is 2.42 bits per heavy atom. The Balaban J connectivity index is 1.97. The van der Waals surface area contributed by atoms with Crippen molar-refractivity contribution in [3.05, 3.63) is 23.9 Å². The lowest BCUT2D eigenvalue weighted by Crippen LogP contribution is -2.29. The highest BCUT2D eigenvalue weighted by molar-refractivity contribution is 5.95. The van der Waals surface area contributed by atoms with Crippen molar-refractivity contribution in [1.82, 2.24) is 10.3 Å². The van der Waals surface area contributed by atoms with Crippen LogP contribution in [0.3, 0.4) is 0 Å². The summed E-state index contributed by atoms with van der Waals surface area (Å²) < 4.78 is 10.7. The topological polar surface area (TPSA) is 97.8 Å². The molecule has 0 bridgehead atoms. The van der Waals surface area contributed by atoms with Crippen LogP contribution in [-0.2, 0) is 9.53 Å². The van der Waals surface area contributed by atoms with Crippen LogP contribution < -0.4 is 10.1 Å². The number of carboxylic acid groups (broad SMARTS) is 1. The van der Waals surface area contributed by atoms with Crippen molar-refractivity contribution in [3.63, 3.8) is 0 Å². The van der Waals surface area contributed by atoms with Crippen molar-refractivity contribution in [2.45, 2.75) is 12.5 Å². The van der Waals surface area contributed by atoms with Crippen LogP contribution in [0.2, 0.25) is 0 Å². The van der Waals surface area contributed by atoms with E-state index in [4.69, 9.17) is 14.6 Å². The van der Waals surface area contributed by atoms with Crippen LogP contribution in [0.25, 0.3) is 0 Å². The minimum Gasteiger partial charge on any atom is -0.480 e. The van der Waals surface area contributed by atoms with Gasteiger partial charge in [-0.2, -0.15) is 0 Å². The molecule has 1 aliphatic rings. The van der Waals surface area contributed by atoms with Gasteiger partial charge in [0.2, 0.25) is 5.88 Å². The van der Waals surface area contributed by atoms with Gasteiger partial charge in [-0.3, -0.25) is 9.59 Å². The molecule has 1 aromatic heterocycles. The van der Waals surface area contributed by atoms with E-state index >= 15 is 0 Å². The number of pyridine rings is 1. The maximum absolute atomic E-state index is 11.7. The average molecular weight is 266 g/mol. The monoisotopic (exact) mass is 266 g/mol. The molecule has 7 heteroatoms. The lowest BCUT2D eigenvalue weighted by Gasteiger charge is -2.11. The number of ether oxygens (including phenoxy) is 2. The van der Waals surface area contributed by atoms with Crippen LogP contribution in [0.1, 0.15) is 16.8 Å². The molecule has 1 saturated heterocycles. The highest BCUT2D eigenvalue weighted by Gasteiger charge is 2.18. The molecule has 2 N–H and O–H groups in total. The average Bonchev–Trinajstić information content (AvgIpc) is 2.89. The van der Waals surface area contributed by atoms with Gasteiger partial charge in [-0.15, -0.1) is 0 Å². The largest absolute Gasteiger partial charge is 0.480 e. The summed E-state index contributed by atoms with van der Waals surface area (Å²) in [6.07, 6.45) is 2.18. The van der Waals surface area contributed by atoms with Crippen LogP contribution in [0.4, 0.5) is 0 Å². The Morgan fingerprint density at radius 1 is 1.58 bits per heavy atom. The first-order chi connectivity index (χ1) is 9.15. The SMILES string of the molecule is O=C(O)CNC(=O)c1ccnc(OC2CCOC2)c1. The van der Waals surface area contributed by atoms with Gasteiger partial charge in [0.1, 0.15) is 12.6 Å². The number of nitrogens with one attached hydrogen (secondary N) is 1. The normalized spacial score (nSPS) is 18.0. The summed E-state index contributed by atoms with van der Waals surface area (Å²) in [5.41, 5.74) is 0.310. The minimum absolute atomic E-state index is 0.0511. The summed E-state index contributed by atoms with van der Waals surface area (Å²) in [5.74, 6) is -1.24. The minimum atomic E-state index is -1.10. The highest BCUT2D eigenvalue weighted by Crippen LogP contribution is 2.15. The van der Waals surface area contributed by atoms with Gasteiger partial charge in [-0.1, -0.05) is 0 Å². The molecule has 1 aliphatic heterocycles. The third-order valence-electron chi connectivity index (χ3n) is 2.57. The quantitative estimate of drug-likeness (QED) is 0.782. The van der Waals surface area contributed by atoms with E-state index in [1.807, 2.05) is 0 Å². The molecule has 0 saturated carbocycles. The van der Waals surface area contributed by atoms with Crippen LogP contribution in [0.15, 0.2) is 18.3 Å². The third kappa shape index (κ3) is 3.92. The molecule has 2 rings (SSSR count). The molecule has 0 aliphatic carbocycles. The predicted molar refractivity (Wildman–Crippen MR) is 64.1 cm³/mol. The molecule has 7 nitrogen and oxygen atoms in total. The number of aliphatic carboxylic acids is 1. The molecule has 0 aromatic carbocycles. The van der Waals surface area contributed by atoms with Crippen molar-refractivity contribution in [2.75, 3.05) is 19.8 Å². The van der Waals surface area contributed by atoms with Gasteiger partial charge in [0, 0.05) is 24.2 Å². The van der Waals surface area contributed by atoms with Crippen molar-refractivity contribution in [3.8, 4) is 5.88 Å². The number of amides is 1. The zero-order valence-corrected chi connectivity index (χ0v) is 10.2. The number of aromatic nitrogens is 1. The van der Waals surface area contributed by atoms with E-state index in [0.29, 0.717) is 24.7 Å². The maximum atomic E-state index is 11.7. The molecule has 1 aromatic rings. The fourth-order valence-corrected chi connectivity index (χ4v) is 1.65. The first kappa shape index (κ1) is 13.3. The van der Waals surface area contributed by atoms with Crippen molar-refractivity contribution >= 4 is 11.9 Å². The summed E-state index contributed by atoms with van der Waals surface area (Å²) in [6.45, 7) is 0.744. The summed E-state index contributed by atoms with van der Waals surface area (Å²) in [6, 6.07) is 2.98. The van der Waals surface area contributed by atoms with E-state index in [0.717, 1.165) is 6.42 Å². The molecule has 1 fully saturated rings. The Bertz CT molecular complexity index is 471. The molecular formula is C12H14N2O5. The number of hydrogen-bond donors (Lipinski definition) is 2. The van der Waals surface area contributed by atoms with E-state index in [1.165, 1.54) is 18.3 Å². The molecule has 1 atom stereocenters. The van der Waals surface area contributed by atoms with Gasteiger partial charge >= 0.3 is 5.97 Å². The second-order valence-corrected chi connectivity index (χ2v) is 4.06. The Hall–Kier alpha value is -2.15. The predicted octanol–water partition coefficient (Wildman–Crippen LogP) is 0.0637. The van der Waals surface area contributed by atoms with Crippen LogP contribution in [0.5, 0.6) is 5.88 Å². The Kier molecular flexibility index (Phi) is 4.30. The van der Waals surface area contributed by atoms with E-state index in [1.54, 1.807) is 0 Å². The van der Waals surface area contributed by atoms with Gasteiger partial charge in [0.15, 0.2) is 0 Å². The standard InChI is InChI=1S/C12H14N2O5/c15-11(16)6-14-12(17)8-1-3-13-10(5-8)19-9-2-4-18-7-9/h1,3,5,9H,2,4,6-7H2,(H,14,17)(H,15,16). The molecule has 0 radical (unpaired) electrons. The fourth-order valence-electron chi connectivity index (χ4n) is 1.65. The molecule has 102 valence electrons. The second-order valence-electron chi connectivity index (χ2n) is 4.06. The van der Waals surface area contributed by atoms with E-state index < -0.39 is 18.4 Å². The smallest absolute Gasteiger partial charge is 0.322 e. The van der Waals surface area contributed by atoms with Gasteiger partial charge < -0.3 is 19.9 Å². The summed E-state index contributed by atoms with van der Waals surface area (Å²) in [5, 5.41) is 10.8. The zero-order chi connectivity index (χ0) is 13.7. The highest BCUT2D eigenvalue weighted by atomic mass is 16.5. The number of carbonyl (C=O) groups excluding carboxylic acids is 1. The Morgan fingerprint density at radius 3 is 3.11 bits per heavy atom.